The number of allylic oxidation sites excluding steroid dienone is 8. The van der Waals surface area contributed by atoms with E-state index in [2.05, 4.69) is 31.2 Å². The fourth-order valence-electron chi connectivity index (χ4n) is 2.74. The molecule has 0 aromatic rings. The maximum absolute atomic E-state index is 11.8. The first-order valence-corrected chi connectivity index (χ1v) is 9.29. The molecule has 26 heavy (non-hydrogen) atoms. The zero-order valence-electron chi connectivity index (χ0n) is 15.5. The molecule has 4 heteroatoms. The minimum absolute atomic E-state index is 0.0184. The quantitative estimate of drug-likeness (QED) is 0.507. The molecule has 0 saturated heterocycles. The van der Waals surface area contributed by atoms with Gasteiger partial charge in [-0.3, -0.25) is 9.59 Å². The summed E-state index contributed by atoms with van der Waals surface area (Å²) in [7, 11) is 0. The molecule has 1 rings (SSSR count). The Kier molecular flexibility index (Phi) is 11.0. The first-order valence-electron chi connectivity index (χ1n) is 9.29. The van der Waals surface area contributed by atoms with Crippen molar-refractivity contribution in [3.8, 4) is 0 Å². The molecule has 2 N–H and O–H groups in total. The van der Waals surface area contributed by atoms with Gasteiger partial charge in [0.2, 0.25) is 0 Å². The van der Waals surface area contributed by atoms with E-state index in [0.717, 1.165) is 19.3 Å². The highest BCUT2D eigenvalue weighted by Gasteiger charge is 2.28. The molecule has 0 amide bonds. The first kappa shape index (κ1) is 21.8. The summed E-state index contributed by atoms with van der Waals surface area (Å²) in [5, 5.41) is 18.8. The zero-order valence-corrected chi connectivity index (χ0v) is 15.5. The van der Waals surface area contributed by atoms with Gasteiger partial charge in [-0.2, -0.15) is 0 Å². The third kappa shape index (κ3) is 9.33. The van der Waals surface area contributed by atoms with Gasteiger partial charge in [0.05, 0.1) is 6.10 Å². The largest absolute Gasteiger partial charge is 0.481 e. The number of hydrogen-bond donors (Lipinski definition) is 2. The fourth-order valence-corrected chi connectivity index (χ4v) is 2.74. The smallest absolute Gasteiger partial charge is 0.303 e. The van der Waals surface area contributed by atoms with Gasteiger partial charge in [0.1, 0.15) is 0 Å². The lowest BCUT2D eigenvalue weighted by Crippen LogP contribution is -2.16. The maximum Gasteiger partial charge on any atom is 0.303 e. The first-order chi connectivity index (χ1) is 12.5. The number of carboxylic acid groups (broad SMARTS) is 1. The molecule has 1 aliphatic carbocycles. The molecule has 1 aliphatic rings. The van der Waals surface area contributed by atoms with Crippen molar-refractivity contribution in [3.63, 3.8) is 0 Å². The molecule has 0 aromatic heterocycles. The average Bonchev–Trinajstić information content (AvgIpc) is 2.96. The van der Waals surface area contributed by atoms with Crippen LogP contribution in [0.15, 0.2) is 60.8 Å². The van der Waals surface area contributed by atoms with Gasteiger partial charge < -0.3 is 10.2 Å². The Morgan fingerprint density at radius 3 is 2.46 bits per heavy atom. The van der Waals surface area contributed by atoms with Crippen molar-refractivity contribution in [1.29, 1.82) is 0 Å². The summed E-state index contributed by atoms with van der Waals surface area (Å²) >= 11 is 0. The Morgan fingerprint density at radius 1 is 1.15 bits per heavy atom. The highest BCUT2D eigenvalue weighted by Crippen LogP contribution is 2.28. The lowest BCUT2D eigenvalue weighted by atomic mass is 9.89. The third-order valence-corrected chi connectivity index (χ3v) is 4.20. The monoisotopic (exact) mass is 358 g/mol. The van der Waals surface area contributed by atoms with Crippen LogP contribution in [0.5, 0.6) is 0 Å². The van der Waals surface area contributed by atoms with E-state index in [0.29, 0.717) is 12.8 Å². The normalized spacial score (nSPS) is 21.8. The van der Waals surface area contributed by atoms with Crippen LogP contribution < -0.4 is 0 Å². The highest BCUT2D eigenvalue weighted by atomic mass is 16.4. The van der Waals surface area contributed by atoms with Crippen molar-refractivity contribution in [3.05, 3.63) is 60.8 Å². The predicted octanol–water partition coefficient (Wildman–Crippen LogP) is 4.39. The topological polar surface area (TPSA) is 74.6 Å². The van der Waals surface area contributed by atoms with Crippen LogP contribution in [0.3, 0.4) is 0 Å². The molecule has 0 saturated carbocycles. The van der Waals surface area contributed by atoms with E-state index in [4.69, 9.17) is 5.11 Å². The number of rotatable bonds is 12. The van der Waals surface area contributed by atoms with Crippen molar-refractivity contribution in [1.82, 2.24) is 0 Å². The second-order valence-electron chi connectivity index (χ2n) is 6.36. The molecule has 0 spiro atoms. The van der Waals surface area contributed by atoms with Crippen LogP contribution >= 0.6 is 0 Å². The Balaban J connectivity index is 2.32. The molecule has 142 valence electrons. The summed E-state index contributed by atoms with van der Waals surface area (Å²) in [5.41, 5.74) is 0. The lowest BCUT2D eigenvalue weighted by molar-refractivity contribution is -0.137. The SMILES string of the molecule is CC/C=C\C/C=C/C/C=C\C[C@H](O)/C=C/[C@H]1C=CC(=O)[C@@H]1CCC(=O)O. The number of aliphatic hydroxyl groups is 1. The summed E-state index contributed by atoms with van der Waals surface area (Å²) in [6.07, 6.45) is 22.3. The molecule has 0 aromatic carbocycles. The molecule has 4 nitrogen and oxygen atoms in total. The Bertz CT molecular complexity index is 581. The molecular weight excluding hydrogens is 328 g/mol. The van der Waals surface area contributed by atoms with E-state index in [9.17, 15) is 14.7 Å². The summed E-state index contributed by atoms with van der Waals surface area (Å²) in [5.74, 6) is -1.37. The number of aliphatic carboxylic acids is 1. The number of carbonyl (C=O) groups excluding carboxylic acids is 1. The summed E-state index contributed by atoms with van der Waals surface area (Å²) in [6, 6.07) is 0. The van der Waals surface area contributed by atoms with Crippen LogP contribution in [-0.4, -0.2) is 28.1 Å². The van der Waals surface area contributed by atoms with Gasteiger partial charge in [-0.1, -0.05) is 61.6 Å². The fraction of sp³-hybridized carbons (Fsp3) is 0.455. The Hall–Kier alpha value is -2.20. The molecule has 0 unspecified atom stereocenters. The second kappa shape index (κ2) is 13.1. The summed E-state index contributed by atoms with van der Waals surface area (Å²) in [4.78, 5) is 22.5. The minimum Gasteiger partial charge on any atom is -0.481 e. The standard InChI is InChI=1S/C22H30O4/c1-2-3-4-5-6-7-8-9-10-11-19(23)14-12-18-13-16-21(24)20(18)15-17-22(25)26/h3-4,6-7,9-10,12-14,16,18-20,23H,2,5,8,11,15,17H2,1H3,(H,25,26)/b4-3-,7-6+,10-9-,14-12+/t18-,19-,20+/m0/s1. The average molecular weight is 358 g/mol. The highest BCUT2D eigenvalue weighted by molar-refractivity contribution is 5.95. The predicted molar refractivity (Wildman–Crippen MR) is 105 cm³/mol. The second-order valence-corrected chi connectivity index (χ2v) is 6.36. The molecule has 0 bridgehead atoms. The van der Waals surface area contributed by atoms with Gasteiger partial charge in [0.15, 0.2) is 5.78 Å². The van der Waals surface area contributed by atoms with Gasteiger partial charge in [0, 0.05) is 18.3 Å². The van der Waals surface area contributed by atoms with Gasteiger partial charge in [0.25, 0.3) is 0 Å². The summed E-state index contributed by atoms with van der Waals surface area (Å²) < 4.78 is 0. The van der Waals surface area contributed by atoms with Crippen LogP contribution in [-0.2, 0) is 9.59 Å². The minimum atomic E-state index is -0.895. The maximum atomic E-state index is 11.8. The van der Waals surface area contributed by atoms with Gasteiger partial charge in [-0.05, 0) is 38.2 Å². The zero-order chi connectivity index (χ0) is 19.2. The molecular formula is C22H30O4. The van der Waals surface area contributed by atoms with Crippen LogP contribution in [0.2, 0.25) is 0 Å². The van der Waals surface area contributed by atoms with E-state index < -0.39 is 12.1 Å². The molecule has 0 aliphatic heterocycles. The Morgan fingerprint density at radius 2 is 1.81 bits per heavy atom. The van der Waals surface area contributed by atoms with E-state index in [1.54, 1.807) is 12.2 Å². The third-order valence-electron chi connectivity index (χ3n) is 4.20. The van der Waals surface area contributed by atoms with E-state index in [-0.39, 0.29) is 24.0 Å². The van der Waals surface area contributed by atoms with Gasteiger partial charge in [-0.25, -0.2) is 0 Å². The molecule has 3 atom stereocenters. The van der Waals surface area contributed by atoms with Gasteiger partial charge >= 0.3 is 5.97 Å². The van der Waals surface area contributed by atoms with Crippen LogP contribution in [0.1, 0.15) is 45.4 Å². The molecule has 0 fully saturated rings. The molecule has 0 heterocycles. The number of ketones is 1. The van der Waals surface area contributed by atoms with Crippen LogP contribution in [0, 0.1) is 11.8 Å². The lowest BCUT2D eigenvalue weighted by Gasteiger charge is -2.14. The van der Waals surface area contributed by atoms with Crippen LogP contribution in [0.25, 0.3) is 0 Å². The van der Waals surface area contributed by atoms with E-state index in [1.165, 1.54) is 6.08 Å². The molecule has 0 radical (unpaired) electrons. The van der Waals surface area contributed by atoms with Crippen molar-refractivity contribution in [2.24, 2.45) is 11.8 Å². The van der Waals surface area contributed by atoms with Crippen LogP contribution in [0.4, 0.5) is 0 Å². The van der Waals surface area contributed by atoms with E-state index >= 15 is 0 Å². The van der Waals surface area contributed by atoms with Crippen molar-refractivity contribution < 1.29 is 19.8 Å². The summed E-state index contributed by atoms with van der Waals surface area (Å²) in [6.45, 7) is 2.11. The number of carboxylic acids is 1. The number of aliphatic hydroxyl groups excluding tert-OH is 1. The number of carbonyl (C=O) groups is 2. The number of hydrogen-bond acceptors (Lipinski definition) is 3. The van der Waals surface area contributed by atoms with Gasteiger partial charge in [-0.15, -0.1) is 0 Å². The van der Waals surface area contributed by atoms with Crippen molar-refractivity contribution in [2.45, 2.75) is 51.6 Å². The van der Waals surface area contributed by atoms with Crippen molar-refractivity contribution >= 4 is 11.8 Å². The van der Waals surface area contributed by atoms with E-state index in [1.807, 2.05) is 18.2 Å². The Labute approximate surface area is 156 Å². The van der Waals surface area contributed by atoms with Crippen molar-refractivity contribution in [2.75, 3.05) is 0 Å².